The Morgan fingerprint density at radius 2 is 1.96 bits per heavy atom. The van der Waals surface area contributed by atoms with Crippen LogP contribution in [0.15, 0.2) is 24.3 Å². The minimum Gasteiger partial charge on any atom is -0.351 e. The van der Waals surface area contributed by atoms with Crippen LogP contribution >= 0.6 is 0 Å². The summed E-state index contributed by atoms with van der Waals surface area (Å²) in [5, 5.41) is 2.30. The third-order valence-corrected chi connectivity index (χ3v) is 7.92. The van der Waals surface area contributed by atoms with Gasteiger partial charge in [0, 0.05) is 26.2 Å². The molecule has 1 saturated heterocycles. The zero-order valence-corrected chi connectivity index (χ0v) is 17.1. The number of fused-ring (bicyclic) bond motifs is 1. The highest BCUT2D eigenvalue weighted by Crippen LogP contribution is 2.35. The van der Waals surface area contributed by atoms with Gasteiger partial charge in [0.05, 0.1) is 11.8 Å². The summed E-state index contributed by atoms with van der Waals surface area (Å²) in [4.78, 5) is 12.3. The highest BCUT2D eigenvalue weighted by Gasteiger charge is 2.46. The quantitative estimate of drug-likeness (QED) is 0.663. The molecule has 1 aromatic rings. The fourth-order valence-electron chi connectivity index (χ4n) is 4.13. The first kappa shape index (κ1) is 20.3. The van der Waals surface area contributed by atoms with E-state index in [0.717, 1.165) is 24.1 Å². The number of likely N-dealkylation sites (N-methyl/N-ethyl adjacent to an activating group) is 1. The van der Waals surface area contributed by atoms with Gasteiger partial charge in [-0.05, 0) is 37.2 Å². The van der Waals surface area contributed by atoms with Crippen LogP contribution in [0.4, 0.5) is 0 Å². The summed E-state index contributed by atoms with van der Waals surface area (Å²) in [7, 11) is -2.07. The average molecular weight is 395 g/mol. The molecule has 1 saturated carbocycles. The van der Waals surface area contributed by atoms with Crippen molar-refractivity contribution in [3.63, 3.8) is 0 Å². The van der Waals surface area contributed by atoms with Crippen LogP contribution < -0.4 is 16.2 Å². The van der Waals surface area contributed by atoms with Crippen molar-refractivity contribution in [1.82, 2.24) is 20.5 Å². The van der Waals surface area contributed by atoms with Crippen LogP contribution in [0, 0.1) is 18.8 Å². The zero-order chi connectivity index (χ0) is 19.6. The molecule has 27 heavy (non-hydrogen) atoms. The highest BCUT2D eigenvalue weighted by molar-refractivity contribution is 7.89. The molecule has 1 aliphatic carbocycles. The third-order valence-electron chi connectivity index (χ3n) is 5.67. The van der Waals surface area contributed by atoms with E-state index in [0.29, 0.717) is 24.8 Å². The van der Waals surface area contributed by atoms with Crippen molar-refractivity contribution >= 4 is 15.9 Å². The molecule has 0 aromatic heterocycles. The van der Waals surface area contributed by atoms with Gasteiger partial charge in [-0.1, -0.05) is 36.8 Å². The number of sulfonamides is 1. The lowest BCUT2D eigenvalue weighted by Gasteiger charge is -2.37. The van der Waals surface area contributed by atoms with E-state index >= 15 is 0 Å². The largest absolute Gasteiger partial charge is 0.351 e. The van der Waals surface area contributed by atoms with E-state index in [2.05, 4.69) is 23.1 Å². The molecular formula is C19H30N4O3S. The summed E-state index contributed by atoms with van der Waals surface area (Å²) in [5.74, 6) is 0.383. The number of rotatable bonds is 6. The van der Waals surface area contributed by atoms with E-state index < -0.39 is 15.3 Å². The van der Waals surface area contributed by atoms with E-state index in [1.807, 2.05) is 31.2 Å². The monoisotopic (exact) mass is 394 g/mol. The number of hydrogen-bond acceptors (Lipinski definition) is 5. The zero-order valence-electron chi connectivity index (χ0n) is 16.2. The van der Waals surface area contributed by atoms with Crippen LogP contribution in [0.1, 0.15) is 30.9 Å². The fraction of sp³-hybridized carbons (Fsp3) is 0.632. The maximum absolute atomic E-state index is 13.1. The predicted molar refractivity (Wildman–Crippen MR) is 105 cm³/mol. The standard InChI is InChI=1S/C19H30N4O3S/c1-13-4-6-15(7-5-13)10-20-18(24)12-23(3)27(25,26)17-9-14(2)8-16-11-21-22-19(16)17/h4-7,14,16-17,19,21-22H,8-12H2,1-3H3,(H,20,24). The number of carbonyl (C=O) groups is 1. The van der Waals surface area contributed by atoms with Crippen molar-refractivity contribution in [2.45, 2.75) is 44.5 Å². The molecule has 0 bridgehead atoms. The molecule has 3 N–H and O–H groups in total. The molecule has 2 fully saturated rings. The van der Waals surface area contributed by atoms with Gasteiger partial charge >= 0.3 is 0 Å². The van der Waals surface area contributed by atoms with Crippen molar-refractivity contribution in [1.29, 1.82) is 0 Å². The summed E-state index contributed by atoms with van der Waals surface area (Å²) in [6.45, 7) is 5.13. The molecule has 0 spiro atoms. The predicted octanol–water partition coefficient (Wildman–Crippen LogP) is 0.764. The van der Waals surface area contributed by atoms with Gasteiger partial charge in [0.2, 0.25) is 15.9 Å². The van der Waals surface area contributed by atoms with Gasteiger partial charge < -0.3 is 5.32 Å². The van der Waals surface area contributed by atoms with Crippen molar-refractivity contribution in [3.05, 3.63) is 35.4 Å². The van der Waals surface area contributed by atoms with Crippen LogP contribution in [0.2, 0.25) is 0 Å². The lowest BCUT2D eigenvalue weighted by atomic mass is 9.79. The maximum Gasteiger partial charge on any atom is 0.235 e. The molecule has 3 rings (SSSR count). The van der Waals surface area contributed by atoms with E-state index in [1.54, 1.807) is 0 Å². The van der Waals surface area contributed by atoms with Crippen molar-refractivity contribution < 1.29 is 13.2 Å². The molecule has 1 aliphatic heterocycles. The van der Waals surface area contributed by atoms with Crippen LogP contribution in [0.3, 0.4) is 0 Å². The van der Waals surface area contributed by atoms with Crippen molar-refractivity contribution in [3.8, 4) is 0 Å². The number of benzene rings is 1. The Morgan fingerprint density at radius 3 is 2.67 bits per heavy atom. The van der Waals surface area contributed by atoms with E-state index in [-0.39, 0.29) is 18.5 Å². The number of hydrogen-bond donors (Lipinski definition) is 3. The summed E-state index contributed by atoms with van der Waals surface area (Å²) in [5.41, 5.74) is 8.38. The molecule has 0 radical (unpaired) electrons. The molecule has 7 nitrogen and oxygen atoms in total. The maximum atomic E-state index is 13.1. The molecule has 2 aliphatic rings. The summed E-state index contributed by atoms with van der Waals surface area (Å²) in [6, 6.07) is 7.80. The summed E-state index contributed by atoms with van der Waals surface area (Å²) < 4.78 is 27.4. The number of aryl methyl sites for hydroxylation is 1. The average Bonchev–Trinajstić information content (AvgIpc) is 3.08. The highest BCUT2D eigenvalue weighted by atomic mass is 32.2. The Hall–Kier alpha value is -1.48. The summed E-state index contributed by atoms with van der Waals surface area (Å²) >= 11 is 0. The first-order valence-electron chi connectivity index (χ1n) is 9.53. The SMILES string of the molecule is Cc1ccc(CNC(=O)CN(C)S(=O)(=O)C2CC(C)CC3CNNC32)cc1. The molecule has 1 heterocycles. The second-order valence-corrected chi connectivity index (χ2v) is 10.2. The van der Waals surface area contributed by atoms with Crippen LogP contribution in [-0.2, 0) is 21.4 Å². The second-order valence-electron chi connectivity index (χ2n) is 7.99. The number of hydrazine groups is 1. The first-order chi connectivity index (χ1) is 12.8. The van der Waals surface area contributed by atoms with Gasteiger partial charge in [0.25, 0.3) is 0 Å². The molecule has 1 aromatic carbocycles. The number of nitrogens with one attached hydrogen (secondary N) is 3. The molecule has 8 heteroatoms. The fourth-order valence-corrected chi connectivity index (χ4v) is 6.12. The molecular weight excluding hydrogens is 364 g/mol. The Kier molecular flexibility index (Phi) is 6.20. The lowest BCUT2D eigenvalue weighted by molar-refractivity contribution is -0.121. The Bertz CT molecular complexity index is 766. The third kappa shape index (κ3) is 4.68. The van der Waals surface area contributed by atoms with E-state index in [1.165, 1.54) is 11.4 Å². The molecule has 1 amide bonds. The Balaban J connectivity index is 1.59. The number of carbonyl (C=O) groups excluding carboxylic acids is 1. The van der Waals surface area contributed by atoms with Gasteiger partial charge in [0.1, 0.15) is 0 Å². The van der Waals surface area contributed by atoms with Gasteiger partial charge in [-0.15, -0.1) is 0 Å². The normalized spacial score (nSPS) is 28.1. The van der Waals surface area contributed by atoms with Crippen LogP contribution in [0.25, 0.3) is 0 Å². The smallest absolute Gasteiger partial charge is 0.235 e. The van der Waals surface area contributed by atoms with Crippen molar-refractivity contribution in [2.24, 2.45) is 11.8 Å². The minimum absolute atomic E-state index is 0.0933. The minimum atomic E-state index is -3.56. The van der Waals surface area contributed by atoms with Gasteiger partial charge in [-0.2, -0.15) is 4.31 Å². The Labute approximate surface area is 161 Å². The van der Waals surface area contributed by atoms with Crippen LogP contribution in [0.5, 0.6) is 0 Å². The van der Waals surface area contributed by atoms with Gasteiger partial charge in [-0.25, -0.2) is 8.42 Å². The Morgan fingerprint density at radius 1 is 1.26 bits per heavy atom. The van der Waals surface area contributed by atoms with Crippen LogP contribution in [-0.4, -0.2) is 50.1 Å². The van der Waals surface area contributed by atoms with Gasteiger partial charge in [-0.3, -0.25) is 15.6 Å². The lowest BCUT2D eigenvalue weighted by Crippen LogP contribution is -2.54. The van der Waals surface area contributed by atoms with Crippen molar-refractivity contribution in [2.75, 3.05) is 20.1 Å². The molecule has 150 valence electrons. The second kappa shape index (κ2) is 8.26. The number of amides is 1. The van der Waals surface area contributed by atoms with Gasteiger partial charge in [0.15, 0.2) is 0 Å². The number of nitrogens with zero attached hydrogens (tertiary/aromatic N) is 1. The summed E-state index contributed by atoms with van der Waals surface area (Å²) in [6.07, 6.45) is 1.64. The topological polar surface area (TPSA) is 90.5 Å². The van der Waals surface area contributed by atoms with E-state index in [9.17, 15) is 13.2 Å². The van der Waals surface area contributed by atoms with E-state index in [4.69, 9.17) is 0 Å². The first-order valence-corrected chi connectivity index (χ1v) is 11.0. The molecule has 4 unspecified atom stereocenters. The molecule has 4 atom stereocenters.